The van der Waals surface area contributed by atoms with Crippen molar-refractivity contribution in [2.24, 2.45) is 5.92 Å². The zero-order valence-electron chi connectivity index (χ0n) is 17.0. The van der Waals surface area contributed by atoms with Crippen molar-refractivity contribution >= 4 is 27.3 Å². The van der Waals surface area contributed by atoms with Crippen LogP contribution in [0.1, 0.15) is 31.2 Å². The highest BCUT2D eigenvalue weighted by Crippen LogP contribution is 2.34. The molecule has 1 N–H and O–H groups in total. The molecule has 2 aromatic rings. The molecule has 0 radical (unpaired) electrons. The standard InChI is InChI=1S/C22H28N2O4S2/c25-21(18-6-4-12-24(16-18)30(26,27)20-9-5-15-29-20)23-17-22(10-13-28-14-11-22)19-7-2-1-3-8-19/h1-3,5,7-9,15,18H,4,6,10-14,16-17H2,(H,23,25). The normalized spacial score (nSPS) is 22.5. The van der Waals surface area contributed by atoms with Gasteiger partial charge in [0.2, 0.25) is 5.91 Å². The van der Waals surface area contributed by atoms with E-state index in [2.05, 4.69) is 17.4 Å². The van der Waals surface area contributed by atoms with Crippen molar-refractivity contribution < 1.29 is 17.9 Å². The molecule has 0 bridgehead atoms. The van der Waals surface area contributed by atoms with E-state index in [0.717, 1.165) is 12.8 Å². The predicted octanol–water partition coefficient (Wildman–Crippen LogP) is 3.01. The number of hydrogen-bond donors (Lipinski definition) is 1. The number of carbonyl (C=O) groups excluding carboxylic acids is 1. The molecule has 1 amide bonds. The van der Waals surface area contributed by atoms with Crippen LogP contribution in [0.25, 0.3) is 0 Å². The molecule has 2 aliphatic rings. The average Bonchev–Trinajstić information content (AvgIpc) is 3.35. The van der Waals surface area contributed by atoms with Gasteiger partial charge in [-0.25, -0.2) is 8.42 Å². The molecule has 2 saturated heterocycles. The van der Waals surface area contributed by atoms with E-state index in [-0.39, 0.29) is 23.8 Å². The second-order valence-electron chi connectivity index (χ2n) is 8.11. The number of piperidine rings is 1. The summed E-state index contributed by atoms with van der Waals surface area (Å²) in [5, 5.41) is 4.92. The summed E-state index contributed by atoms with van der Waals surface area (Å²) in [6, 6.07) is 13.7. The van der Waals surface area contributed by atoms with Crippen molar-refractivity contribution in [2.75, 3.05) is 32.8 Å². The van der Waals surface area contributed by atoms with Gasteiger partial charge in [0.15, 0.2) is 0 Å². The lowest BCUT2D eigenvalue weighted by Gasteiger charge is -2.38. The Morgan fingerprint density at radius 3 is 2.63 bits per heavy atom. The summed E-state index contributed by atoms with van der Waals surface area (Å²) in [6.07, 6.45) is 3.13. The van der Waals surface area contributed by atoms with E-state index < -0.39 is 10.0 Å². The summed E-state index contributed by atoms with van der Waals surface area (Å²) >= 11 is 1.22. The van der Waals surface area contributed by atoms with E-state index in [1.807, 2.05) is 18.2 Å². The van der Waals surface area contributed by atoms with Crippen LogP contribution in [-0.2, 0) is 25.0 Å². The first-order valence-corrected chi connectivity index (χ1v) is 12.8. The number of rotatable bonds is 6. The number of carbonyl (C=O) groups is 1. The maximum absolute atomic E-state index is 13.0. The second-order valence-corrected chi connectivity index (χ2v) is 11.2. The largest absolute Gasteiger partial charge is 0.381 e. The maximum Gasteiger partial charge on any atom is 0.252 e. The Balaban J connectivity index is 1.43. The van der Waals surface area contributed by atoms with Gasteiger partial charge in [-0.1, -0.05) is 36.4 Å². The fourth-order valence-electron chi connectivity index (χ4n) is 4.43. The molecule has 6 nitrogen and oxygen atoms in total. The number of hydrogen-bond acceptors (Lipinski definition) is 5. The maximum atomic E-state index is 13.0. The minimum absolute atomic E-state index is 0.0529. The lowest BCUT2D eigenvalue weighted by Crippen LogP contribution is -2.49. The first kappa shape index (κ1) is 21.5. The molecule has 162 valence electrons. The Morgan fingerprint density at radius 2 is 1.93 bits per heavy atom. The van der Waals surface area contributed by atoms with Crippen molar-refractivity contribution in [3.05, 3.63) is 53.4 Å². The monoisotopic (exact) mass is 448 g/mol. The molecule has 30 heavy (non-hydrogen) atoms. The summed E-state index contributed by atoms with van der Waals surface area (Å²) in [4.78, 5) is 13.0. The Kier molecular flexibility index (Phi) is 6.57. The summed E-state index contributed by atoms with van der Waals surface area (Å²) < 4.78 is 33.1. The molecule has 0 spiro atoms. The zero-order valence-corrected chi connectivity index (χ0v) is 18.6. The van der Waals surface area contributed by atoms with Crippen LogP contribution in [0.15, 0.2) is 52.1 Å². The van der Waals surface area contributed by atoms with Crippen molar-refractivity contribution in [3.63, 3.8) is 0 Å². The van der Waals surface area contributed by atoms with Crippen LogP contribution in [0.3, 0.4) is 0 Å². The van der Waals surface area contributed by atoms with Gasteiger partial charge in [0.1, 0.15) is 4.21 Å². The highest BCUT2D eigenvalue weighted by molar-refractivity contribution is 7.91. The molecule has 1 atom stereocenters. The topological polar surface area (TPSA) is 75.7 Å². The van der Waals surface area contributed by atoms with Crippen LogP contribution in [-0.4, -0.2) is 51.5 Å². The van der Waals surface area contributed by atoms with E-state index in [9.17, 15) is 13.2 Å². The minimum Gasteiger partial charge on any atom is -0.381 e. The lowest BCUT2D eigenvalue weighted by atomic mass is 9.74. The molecule has 1 aromatic heterocycles. The van der Waals surface area contributed by atoms with Crippen LogP contribution in [0, 0.1) is 5.92 Å². The summed E-state index contributed by atoms with van der Waals surface area (Å²) in [7, 11) is -3.52. The second kappa shape index (κ2) is 9.18. The molecule has 0 aliphatic carbocycles. The lowest BCUT2D eigenvalue weighted by molar-refractivity contribution is -0.126. The van der Waals surface area contributed by atoms with Gasteiger partial charge in [0.05, 0.1) is 5.92 Å². The number of benzene rings is 1. The Morgan fingerprint density at radius 1 is 1.17 bits per heavy atom. The zero-order chi connectivity index (χ0) is 21.0. The molecule has 2 fully saturated rings. The van der Waals surface area contributed by atoms with E-state index in [1.54, 1.807) is 17.5 Å². The van der Waals surface area contributed by atoms with Crippen LogP contribution in [0.4, 0.5) is 0 Å². The SMILES string of the molecule is O=C(NCC1(c2ccccc2)CCOCC1)C1CCCN(S(=O)(=O)c2cccs2)C1. The number of sulfonamides is 1. The van der Waals surface area contributed by atoms with Crippen LogP contribution in [0.2, 0.25) is 0 Å². The van der Waals surface area contributed by atoms with Gasteiger partial charge in [-0.3, -0.25) is 4.79 Å². The Bertz CT molecular complexity index is 939. The highest BCUT2D eigenvalue weighted by Gasteiger charge is 2.37. The molecule has 8 heteroatoms. The fourth-order valence-corrected chi connectivity index (χ4v) is 7.10. The molecule has 2 aliphatic heterocycles. The average molecular weight is 449 g/mol. The van der Waals surface area contributed by atoms with Gasteiger partial charge in [-0.15, -0.1) is 11.3 Å². The number of amides is 1. The quantitative estimate of drug-likeness (QED) is 0.737. The Labute approximate surface area is 182 Å². The number of thiophene rings is 1. The summed E-state index contributed by atoms with van der Waals surface area (Å²) in [5.41, 5.74) is 1.09. The highest BCUT2D eigenvalue weighted by atomic mass is 32.2. The first-order valence-electron chi connectivity index (χ1n) is 10.5. The molecular formula is C22H28N2O4S2. The first-order chi connectivity index (χ1) is 14.5. The van der Waals surface area contributed by atoms with Crippen molar-refractivity contribution in [1.29, 1.82) is 0 Å². The molecular weight excluding hydrogens is 420 g/mol. The van der Waals surface area contributed by atoms with Crippen molar-refractivity contribution in [3.8, 4) is 0 Å². The van der Waals surface area contributed by atoms with Gasteiger partial charge in [0, 0.05) is 38.3 Å². The van der Waals surface area contributed by atoms with E-state index >= 15 is 0 Å². The molecule has 1 aromatic carbocycles. The third kappa shape index (κ3) is 4.46. The van der Waals surface area contributed by atoms with Crippen LogP contribution >= 0.6 is 11.3 Å². The van der Waals surface area contributed by atoms with Gasteiger partial charge in [0.25, 0.3) is 10.0 Å². The van der Waals surface area contributed by atoms with Gasteiger partial charge in [-0.2, -0.15) is 4.31 Å². The molecule has 4 rings (SSSR count). The van der Waals surface area contributed by atoms with Crippen molar-refractivity contribution in [1.82, 2.24) is 9.62 Å². The third-order valence-corrected chi connectivity index (χ3v) is 9.52. The predicted molar refractivity (Wildman–Crippen MR) is 117 cm³/mol. The molecule has 1 unspecified atom stereocenters. The number of ether oxygens (including phenoxy) is 1. The summed E-state index contributed by atoms with van der Waals surface area (Å²) in [5.74, 6) is -0.371. The van der Waals surface area contributed by atoms with E-state index in [0.29, 0.717) is 43.4 Å². The fraction of sp³-hybridized carbons (Fsp3) is 0.500. The molecule has 0 saturated carbocycles. The van der Waals surface area contributed by atoms with Gasteiger partial charge < -0.3 is 10.1 Å². The molecule has 3 heterocycles. The van der Waals surface area contributed by atoms with Gasteiger partial charge >= 0.3 is 0 Å². The smallest absolute Gasteiger partial charge is 0.252 e. The van der Waals surface area contributed by atoms with Crippen LogP contribution < -0.4 is 5.32 Å². The Hall–Kier alpha value is -1.74. The number of nitrogens with one attached hydrogen (secondary N) is 1. The van der Waals surface area contributed by atoms with E-state index in [1.165, 1.54) is 21.2 Å². The van der Waals surface area contributed by atoms with Crippen molar-refractivity contribution in [2.45, 2.75) is 35.3 Å². The van der Waals surface area contributed by atoms with Gasteiger partial charge in [-0.05, 0) is 42.7 Å². The number of nitrogens with zero attached hydrogens (tertiary/aromatic N) is 1. The van der Waals surface area contributed by atoms with Crippen LogP contribution in [0.5, 0.6) is 0 Å². The van der Waals surface area contributed by atoms with E-state index in [4.69, 9.17) is 4.74 Å². The minimum atomic E-state index is -3.52. The summed E-state index contributed by atoms with van der Waals surface area (Å²) in [6.45, 7) is 2.62. The third-order valence-electron chi connectivity index (χ3n) is 6.28.